The molecule has 0 bridgehead atoms. The third-order valence-corrected chi connectivity index (χ3v) is 5.08. The molecule has 7 heteroatoms. The summed E-state index contributed by atoms with van der Waals surface area (Å²) >= 11 is 0. The molecule has 2 heterocycles. The van der Waals surface area contributed by atoms with Gasteiger partial charge in [0, 0.05) is 36.0 Å². The molecule has 112 valence electrons. The van der Waals surface area contributed by atoms with Gasteiger partial charge in [0.1, 0.15) is 10.6 Å². The SMILES string of the molecule is CCn1cc(S(=O)(=O)Cl)cc1C(=O)N1CC(C)CC1C. The zero-order valence-electron chi connectivity index (χ0n) is 11.8. The predicted molar refractivity (Wildman–Crippen MR) is 77.4 cm³/mol. The zero-order valence-corrected chi connectivity index (χ0v) is 13.4. The van der Waals surface area contributed by atoms with E-state index < -0.39 is 9.05 Å². The van der Waals surface area contributed by atoms with E-state index in [9.17, 15) is 13.2 Å². The lowest BCUT2D eigenvalue weighted by molar-refractivity contribution is 0.0733. The Morgan fingerprint density at radius 3 is 2.55 bits per heavy atom. The summed E-state index contributed by atoms with van der Waals surface area (Å²) in [6, 6.07) is 1.54. The number of aryl methyl sites for hydroxylation is 1. The molecule has 1 aromatic rings. The fourth-order valence-corrected chi connectivity index (χ4v) is 3.55. The molecule has 1 fully saturated rings. The monoisotopic (exact) mass is 318 g/mol. The van der Waals surface area contributed by atoms with E-state index in [1.54, 1.807) is 9.47 Å². The van der Waals surface area contributed by atoms with E-state index in [0.717, 1.165) is 6.42 Å². The molecule has 0 N–H and O–H groups in total. The normalized spacial score (nSPS) is 23.3. The summed E-state index contributed by atoms with van der Waals surface area (Å²) in [7, 11) is 1.54. The number of hydrogen-bond acceptors (Lipinski definition) is 3. The molecular formula is C13H19ClN2O3S. The Kier molecular flexibility index (Phi) is 4.16. The van der Waals surface area contributed by atoms with E-state index in [2.05, 4.69) is 6.92 Å². The summed E-state index contributed by atoms with van der Waals surface area (Å²) in [5.74, 6) is 0.338. The van der Waals surface area contributed by atoms with Crippen molar-refractivity contribution in [3.05, 3.63) is 18.0 Å². The van der Waals surface area contributed by atoms with Gasteiger partial charge in [-0.3, -0.25) is 4.79 Å². The number of aromatic nitrogens is 1. The summed E-state index contributed by atoms with van der Waals surface area (Å²) in [6.07, 6.45) is 2.39. The standard InChI is InChI=1S/C13H19ClN2O3S/c1-4-15-8-11(20(14,18)19)6-12(15)13(17)16-7-9(2)5-10(16)3/h6,8-10H,4-5,7H2,1-3H3. The lowest BCUT2D eigenvalue weighted by Gasteiger charge is -2.22. The van der Waals surface area contributed by atoms with Crippen LogP contribution in [0.1, 0.15) is 37.7 Å². The average Bonchev–Trinajstić information content (AvgIpc) is 2.91. The van der Waals surface area contributed by atoms with Gasteiger partial charge >= 0.3 is 0 Å². The second-order valence-corrected chi connectivity index (χ2v) is 8.00. The third-order valence-electron chi connectivity index (χ3n) is 3.76. The molecule has 0 aliphatic carbocycles. The first kappa shape index (κ1) is 15.4. The molecule has 1 aromatic heterocycles. The largest absolute Gasteiger partial charge is 0.342 e. The molecule has 1 aliphatic heterocycles. The van der Waals surface area contributed by atoms with Gasteiger partial charge in [0.15, 0.2) is 0 Å². The summed E-state index contributed by atoms with van der Waals surface area (Å²) in [5.41, 5.74) is 0.382. The minimum Gasteiger partial charge on any atom is -0.342 e. The van der Waals surface area contributed by atoms with Crippen LogP contribution in [0.25, 0.3) is 0 Å². The van der Waals surface area contributed by atoms with Gasteiger partial charge in [-0.25, -0.2) is 8.42 Å². The zero-order chi connectivity index (χ0) is 15.1. The molecule has 0 radical (unpaired) electrons. The number of rotatable bonds is 3. The van der Waals surface area contributed by atoms with Gasteiger partial charge in [0.2, 0.25) is 0 Å². The van der Waals surface area contributed by atoms with Crippen LogP contribution in [0.4, 0.5) is 0 Å². The highest BCUT2D eigenvalue weighted by Gasteiger charge is 2.32. The smallest absolute Gasteiger partial charge is 0.270 e. The highest BCUT2D eigenvalue weighted by molar-refractivity contribution is 8.13. The molecule has 0 spiro atoms. The molecule has 2 rings (SSSR count). The molecule has 2 unspecified atom stereocenters. The lowest BCUT2D eigenvalue weighted by Crippen LogP contribution is -2.35. The van der Waals surface area contributed by atoms with Crippen molar-refractivity contribution in [3.8, 4) is 0 Å². The van der Waals surface area contributed by atoms with Gasteiger partial charge in [-0.1, -0.05) is 6.92 Å². The fraction of sp³-hybridized carbons (Fsp3) is 0.615. The van der Waals surface area contributed by atoms with Gasteiger partial charge in [-0.05, 0) is 32.3 Å². The number of amides is 1. The summed E-state index contributed by atoms with van der Waals surface area (Å²) in [4.78, 5) is 14.4. The van der Waals surface area contributed by atoms with Gasteiger partial charge in [0.05, 0.1) is 0 Å². The van der Waals surface area contributed by atoms with Crippen LogP contribution in [0.5, 0.6) is 0 Å². The molecule has 2 atom stereocenters. The van der Waals surface area contributed by atoms with Gasteiger partial charge in [0.25, 0.3) is 15.0 Å². The maximum atomic E-state index is 12.6. The predicted octanol–water partition coefficient (Wildman–Crippen LogP) is 2.31. The van der Waals surface area contributed by atoms with Crippen LogP contribution in [0.2, 0.25) is 0 Å². The van der Waals surface area contributed by atoms with E-state index in [1.807, 2.05) is 13.8 Å². The van der Waals surface area contributed by atoms with E-state index >= 15 is 0 Å². The van der Waals surface area contributed by atoms with E-state index in [0.29, 0.717) is 24.7 Å². The van der Waals surface area contributed by atoms with Crippen molar-refractivity contribution >= 4 is 25.6 Å². The van der Waals surface area contributed by atoms with Gasteiger partial charge in [-0.2, -0.15) is 0 Å². The molecule has 1 aliphatic rings. The maximum Gasteiger partial charge on any atom is 0.270 e. The lowest BCUT2D eigenvalue weighted by atomic mass is 10.1. The Morgan fingerprint density at radius 1 is 1.45 bits per heavy atom. The van der Waals surface area contributed by atoms with Crippen LogP contribution >= 0.6 is 10.7 Å². The van der Waals surface area contributed by atoms with Crippen LogP contribution in [0.15, 0.2) is 17.2 Å². The molecular weight excluding hydrogens is 300 g/mol. The number of halogens is 1. The van der Waals surface area contributed by atoms with Crippen molar-refractivity contribution < 1.29 is 13.2 Å². The Morgan fingerprint density at radius 2 is 2.10 bits per heavy atom. The van der Waals surface area contributed by atoms with E-state index in [1.165, 1.54) is 12.3 Å². The fourth-order valence-electron chi connectivity index (χ4n) is 2.79. The maximum absolute atomic E-state index is 12.6. The first-order valence-corrected chi connectivity index (χ1v) is 9.00. The Labute approximate surface area is 123 Å². The van der Waals surface area contributed by atoms with Crippen molar-refractivity contribution in [3.63, 3.8) is 0 Å². The van der Waals surface area contributed by atoms with Crippen LogP contribution < -0.4 is 0 Å². The topological polar surface area (TPSA) is 59.4 Å². The molecule has 20 heavy (non-hydrogen) atoms. The first-order chi connectivity index (χ1) is 9.24. The summed E-state index contributed by atoms with van der Waals surface area (Å²) < 4.78 is 24.4. The minimum atomic E-state index is -3.82. The summed E-state index contributed by atoms with van der Waals surface area (Å²) in [5, 5.41) is 0. The second kappa shape index (κ2) is 5.41. The molecule has 1 saturated heterocycles. The van der Waals surface area contributed by atoms with Crippen LogP contribution in [0.3, 0.4) is 0 Å². The number of hydrogen-bond donors (Lipinski definition) is 0. The van der Waals surface area contributed by atoms with Crippen molar-refractivity contribution in [2.24, 2.45) is 5.92 Å². The Bertz CT molecular complexity index is 624. The Balaban J connectivity index is 2.37. The van der Waals surface area contributed by atoms with Crippen LogP contribution in [0, 0.1) is 5.92 Å². The first-order valence-electron chi connectivity index (χ1n) is 6.69. The third kappa shape index (κ3) is 2.86. The van der Waals surface area contributed by atoms with Crippen molar-refractivity contribution in [2.45, 2.75) is 44.7 Å². The highest BCUT2D eigenvalue weighted by Crippen LogP contribution is 2.26. The second-order valence-electron chi connectivity index (χ2n) is 5.43. The highest BCUT2D eigenvalue weighted by atomic mass is 35.7. The number of carbonyl (C=O) groups is 1. The minimum absolute atomic E-state index is 0.0238. The van der Waals surface area contributed by atoms with Crippen molar-refractivity contribution in [1.82, 2.24) is 9.47 Å². The average molecular weight is 319 g/mol. The number of carbonyl (C=O) groups excluding carboxylic acids is 1. The molecule has 0 aromatic carbocycles. The van der Waals surface area contributed by atoms with Crippen LogP contribution in [-0.2, 0) is 15.6 Å². The number of nitrogens with zero attached hydrogens (tertiary/aromatic N) is 2. The molecule has 0 saturated carbocycles. The quantitative estimate of drug-likeness (QED) is 0.803. The van der Waals surface area contributed by atoms with E-state index in [4.69, 9.17) is 10.7 Å². The van der Waals surface area contributed by atoms with Gasteiger partial charge in [-0.15, -0.1) is 0 Å². The molecule has 5 nitrogen and oxygen atoms in total. The molecule has 1 amide bonds. The van der Waals surface area contributed by atoms with E-state index in [-0.39, 0.29) is 16.8 Å². The Hall–Kier alpha value is -1.01. The van der Waals surface area contributed by atoms with Crippen molar-refractivity contribution in [2.75, 3.05) is 6.54 Å². The summed E-state index contributed by atoms with van der Waals surface area (Å²) in [6.45, 7) is 7.21. The van der Waals surface area contributed by atoms with Crippen molar-refractivity contribution in [1.29, 1.82) is 0 Å². The van der Waals surface area contributed by atoms with Crippen LogP contribution in [-0.4, -0.2) is 36.4 Å². The van der Waals surface area contributed by atoms with Gasteiger partial charge < -0.3 is 9.47 Å². The number of likely N-dealkylation sites (tertiary alicyclic amines) is 1.